The molecule has 0 saturated carbocycles. The molecule has 3 aromatic heterocycles. The molecule has 9 N–H and O–H groups in total. The van der Waals surface area contributed by atoms with Crippen molar-refractivity contribution < 1.29 is 296 Å². The number of benzene rings is 2. The third kappa shape index (κ3) is 27.8. The average molecular weight is 1930 g/mol. The molecule has 4 saturated heterocycles. The van der Waals surface area contributed by atoms with Crippen molar-refractivity contribution in [3.05, 3.63) is 207 Å². The molecule has 5 amide bonds. The Morgan fingerprint density at radius 1 is 0.522 bits per heavy atom. The molecule has 32 nitrogen and oxygen atoms in total. The summed E-state index contributed by atoms with van der Waals surface area (Å²) in [5.41, 5.74) is 22.6. The first kappa shape index (κ1) is 106. The van der Waals surface area contributed by atoms with Crippen LogP contribution in [0.3, 0.4) is 0 Å². The van der Waals surface area contributed by atoms with E-state index in [1.54, 1.807) is 12.1 Å². The average Bonchev–Trinajstić information content (AvgIpc) is 0.750. The van der Waals surface area contributed by atoms with Gasteiger partial charge >= 0.3 is 176 Å². The van der Waals surface area contributed by atoms with Gasteiger partial charge in [-0.2, -0.15) is 0 Å². The van der Waals surface area contributed by atoms with Gasteiger partial charge in [0.25, 0.3) is 5.91 Å². The number of nitrogens with two attached hydrogens (primary N) is 3. The first-order valence-electron chi connectivity index (χ1n) is 32.1. The molecule has 572 valence electrons. The van der Waals surface area contributed by atoms with Gasteiger partial charge in [-0.25, -0.2) is 13.7 Å². The predicted octanol–water partition coefficient (Wildman–Crippen LogP) is -21.6. The number of aryl methyl sites for hydroxylation is 3. The zero-order valence-electron chi connectivity index (χ0n) is 62.5. The van der Waals surface area contributed by atoms with E-state index >= 15 is 0 Å². The number of amides is 5. The van der Waals surface area contributed by atoms with Crippen molar-refractivity contribution in [3.63, 3.8) is 0 Å². The Balaban J connectivity index is 0.000000480. The zero-order valence-corrected chi connectivity index (χ0v) is 82.0. The molecule has 5 aromatic rings. The number of carbonyl (C=O) groups is 10. The summed E-state index contributed by atoms with van der Waals surface area (Å²) >= 11 is 13.4. The second kappa shape index (κ2) is 52.0. The third-order valence-corrected chi connectivity index (χ3v) is 23.3. The molecule has 13 rings (SSSR count). The number of hydrogen-bond acceptors (Lipinski definition) is 27. The Hall–Kier alpha value is -3.37. The second-order valence-corrected chi connectivity index (χ2v) is 29.1. The van der Waals surface area contributed by atoms with Crippen LogP contribution in [0.25, 0.3) is 0 Å². The van der Waals surface area contributed by atoms with Crippen LogP contribution in [0.4, 0.5) is 0 Å². The number of alkyl halides is 2. The number of aromatic nitrogens is 3. The molecule has 0 aliphatic carbocycles. The van der Waals surface area contributed by atoms with Gasteiger partial charge in [0, 0.05) is 80.9 Å². The Bertz CT molecular complexity index is 4400. The van der Waals surface area contributed by atoms with Gasteiger partial charge in [-0.05, 0) is 40.5 Å². The molecule has 0 bridgehead atoms. The normalized spacial score (nSPS) is 20.4. The van der Waals surface area contributed by atoms with E-state index < -0.39 is 71.2 Å². The summed E-state index contributed by atoms with van der Waals surface area (Å²) in [7, 11) is 5.62. The largest absolute Gasteiger partial charge is 1.00 e. The summed E-state index contributed by atoms with van der Waals surface area (Å²) in [5, 5.41) is 73.7. The van der Waals surface area contributed by atoms with E-state index in [-0.39, 0.29) is 282 Å². The summed E-state index contributed by atoms with van der Waals surface area (Å²) in [6.07, 6.45) is 10.3. The molecular weight excluding hydrogens is 1860 g/mol. The fourth-order valence-electron chi connectivity index (χ4n) is 11.1. The number of carbonyl (C=O) groups excluding carboxylic acids is 9. The standard InChI is InChI=1S/C23H22N4O5S.C15H16N4O4S.C8H9ClN2O3S.C8H9IN2O3S.C8H8O2.C7H8N2O.HI.K.4Na/c1-26-10-6-5-9-17(26)12-24-32-13-16-14-33-22-19(21(29)27(22)20(16)23(30)31)25-18(28)11-15-7-3-2-4-8-15;1-18-5-3-2-4-10(18)6-17-23-7-9-8-24-14-11(16)13(20)19(14)12(9)15(21)22;2*9-1-3-2-15-7-4(10)6(12)11(7)5(3)8(13)14;9-8(10)6-7-4-2-1-3-5-7;1-9-5-3-2-4-7(9)6-8-10;;;;;;/h2-10,12,19,22H,11,13-14H2,1H3,(H-,25,28,30,31);2-6,11,14H,7-8,16H2,1H3;2*4,7H,1-2,10H2,(H,13,14);1-5H,6H2,(H,9,10);2-6H,1H3;1H;;;;;/q;;;;;;;5*+1/p-2/b24-12+;17-6+;;;;;;;;;;. The Morgan fingerprint density at radius 3 is 1.19 bits per heavy atom. The number of carboxylic acids is 5. The molecule has 4 fully saturated rings. The fourth-order valence-corrected chi connectivity index (χ4v) is 17.6. The third-order valence-electron chi connectivity index (χ3n) is 16.6. The van der Waals surface area contributed by atoms with Crippen molar-refractivity contribution in [3.8, 4) is 0 Å². The minimum absolute atomic E-state index is 0. The van der Waals surface area contributed by atoms with Crippen LogP contribution in [0.5, 0.6) is 0 Å². The Kier molecular flexibility index (Phi) is 48.6. The van der Waals surface area contributed by atoms with Gasteiger partial charge in [0.05, 0.1) is 59.5 Å². The van der Waals surface area contributed by atoms with E-state index in [4.69, 9.17) is 48.8 Å². The predicted molar refractivity (Wildman–Crippen MR) is 393 cm³/mol. The molecule has 11 heterocycles. The van der Waals surface area contributed by atoms with Gasteiger partial charge in [0.1, 0.15) is 98.7 Å². The molecule has 8 aliphatic rings. The summed E-state index contributed by atoms with van der Waals surface area (Å²) in [6, 6.07) is 32.6. The monoisotopic (exact) mass is 1930 g/mol. The SMILES string of the molecule is C[n+]1ccccc1/C=N/O.C[n+]1ccccc1/C=N/OCC1=C(C(=O)[O-])N2C(=O)C(N)C2SC1.C[n+]1ccccc1/C=N/OCC1=C(C(=O)[O-])N2C(=O)C(NC(=O)Cc3ccccc3)C2SC1.NC1C(=O)N2C(C(=O)[O-])=C(CCl)CSC12.NC1C(=O)N2C(C(=O)[O-])=C(CI)CSC12.O=C(O)Cc1ccccc1.[I-].[K+].[Na+].[Na+].[Na+].[Na+]. The first-order chi connectivity index (χ1) is 51.2. The van der Waals surface area contributed by atoms with E-state index in [1.165, 1.54) is 80.4 Å². The van der Waals surface area contributed by atoms with Crippen molar-refractivity contribution in [1.82, 2.24) is 24.9 Å². The van der Waals surface area contributed by atoms with Gasteiger partial charge < -0.3 is 106 Å². The van der Waals surface area contributed by atoms with Gasteiger partial charge in [-0.1, -0.05) is 98.7 Å². The molecular formula is C69H71ClI2KN14Na4O18S4+3. The van der Waals surface area contributed by atoms with E-state index in [0.717, 1.165) is 38.7 Å². The smallest absolute Gasteiger partial charge is 1.00 e. The van der Waals surface area contributed by atoms with E-state index in [1.807, 2.05) is 157 Å². The van der Waals surface area contributed by atoms with Crippen LogP contribution in [-0.2, 0) is 91.6 Å². The molecule has 8 atom stereocenters. The number of oxime groups is 3. The van der Waals surface area contributed by atoms with Crippen LogP contribution in [0.2, 0.25) is 0 Å². The molecule has 0 radical (unpaired) electrons. The molecule has 8 unspecified atom stereocenters. The van der Waals surface area contributed by atoms with Crippen LogP contribution >= 0.6 is 81.2 Å². The summed E-state index contributed by atoms with van der Waals surface area (Å²) in [4.78, 5) is 130. The number of nitrogens with zero attached hydrogens (tertiary/aromatic N) is 10. The van der Waals surface area contributed by atoms with E-state index in [9.17, 15) is 68.4 Å². The van der Waals surface area contributed by atoms with Crippen LogP contribution in [-0.4, -0.2) is 200 Å². The number of aliphatic carboxylic acids is 5. The number of nitrogens with one attached hydrogen (secondary N) is 1. The van der Waals surface area contributed by atoms with E-state index in [2.05, 4.69) is 43.4 Å². The molecule has 113 heavy (non-hydrogen) atoms. The number of β-lactam (4-membered cyclic amide) rings is 4. The van der Waals surface area contributed by atoms with Crippen LogP contribution in [0.15, 0.2) is 194 Å². The quantitative estimate of drug-likeness (QED) is 0.00616. The minimum Gasteiger partial charge on any atom is -1.00 e. The van der Waals surface area contributed by atoms with Gasteiger partial charge in [0.2, 0.25) is 40.7 Å². The number of hydrogen-bond donors (Lipinski definition) is 6. The maximum atomic E-state index is 12.7. The minimum atomic E-state index is -1.46. The van der Waals surface area contributed by atoms with Crippen molar-refractivity contribution >= 4 is 159 Å². The van der Waals surface area contributed by atoms with Crippen molar-refractivity contribution in [1.29, 1.82) is 0 Å². The number of fused-ring (bicyclic) bond motifs is 4. The number of thioether (sulfide) groups is 4. The maximum Gasteiger partial charge on any atom is 1.00 e. The summed E-state index contributed by atoms with van der Waals surface area (Å²) in [5.74, 6) is -6.30. The molecule has 44 heteroatoms. The van der Waals surface area contributed by atoms with Crippen LogP contribution in [0, 0.1) is 0 Å². The number of carboxylic acid groups (broad SMARTS) is 5. The number of pyridine rings is 3. The van der Waals surface area contributed by atoms with Crippen LogP contribution in [0.1, 0.15) is 28.2 Å². The van der Waals surface area contributed by atoms with Crippen LogP contribution < -0.4 is 250 Å². The molecule has 0 spiro atoms. The Labute approximate surface area is 833 Å². The first-order valence-corrected chi connectivity index (χ1v) is 38.3. The van der Waals surface area contributed by atoms with Gasteiger partial charge in [0.15, 0.2) is 18.6 Å². The summed E-state index contributed by atoms with van der Waals surface area (Å²) in [6.45, 7) is -0.125. The maximum absolute atomic E-state index is 12.7. The van der Waals surface area contributed by atoms with Gasteiger partial charge in [-0.15, -0.1) is 58.6 Å². The molecule has 2 aromatic carbocycles. The number of halogens is 3. The second-order valence-electron chi connectivity index (χ2n) is 23.7. The number of rotatable bonds is 20. The van der Waals surface area contributed by atoms with Crippen molar-refractivity contribution in [2.75, 3.05) is 46.5 Å². The molecule has 8 aliphatic heterocycles. The van der Waals surface area contributed by atoms with Crippen molar-refractivity contribution in [2.24, 2.45) is 53.8 Å². The van der Waals surface area contributed by atoms with E-state index in [0.29, 0.717) is 44.2 Å². The summed E-state index contributed by atoms with van der Waals surface area (Å²) < 4.78 is 6.16. The topological polar surface area (TPSA) is 474 Å². The van der Waals surface area contributed by atoms with Gasteiger partial charge in [-0.3, -0.25) is 48.4 Å². The zero-order chi connectivity index (χ0) is 77.8. The van der Waals surface area contributed by atoms with Crippen molar-refractivity contribution in [2.45, 2.75) is 58.5 Å². The fraction of sp³-hybridized carbons (Fsp3) is 0.304. The Morgan fingerprint density at radius 2 is 0.841 bits per heavy atom.